The van der Waals surface area contributed by atoms with E-state index in [4.69, 9.17) is 13.9 Å². The van der Waals surface area contributed by atoms with Crippen molar-refractivity contribution in [2.45, 2.75) is 114 Å². The lowest BCUT2D eigenvalue weighted by molar-refractivity contribution is -0.208. The number of ketones is 1. The van der Waals surface area contributed by atoms with Crippen LogP contribution in [0, 0.1) is 17.3 Å². The number of benzene rings is 1. The van der Waals surface area contributed by atoms with E-state index in [1.165, 1.54) is 16.7 Å². The van der Waals surface area contributed by atoms with Crippen molar-refractivity contribution in [3.8, 4) is 5.75 Å². The minimum atomic E-state index is -1.93. The largest absolute Gasteiger partial charge is 0.544 e. The van der Waals surface area contributed by atoms with Gasteiger partial charge < -0.3 is 19.0 Å². The van der Waals surface area contributed by atoms with E-state index in [9.17, 15) is 9.90 Å². The molecule has 5 aliphatic rings. The Morgan fingerprint density at radius 3 is 2.37 bits per heavy atom. The molecule has 1 spiro atoms. The first kappa shape index (κ1) is 26.7. The van der Waals surface area contributed by atoms with Gasteiger partial charge in [0.05, 0.1) is 18.8 Å². The van der Waals surface area contributed by atoms with Gasteiger partial charge in [0.1, 0.15) is 11.5 Å². The van der Waals surface area contributed by atoms with Gasteiger partial charge in [-0.15, -0.1) is 0 Å². The fourth-order valence-corrected chi connectivity index (χ4v) is 9.33. The van der Waals surface area contributed by atoms with Crippen LogP contribution in [0.5, 0.6) is 5.75 Å². The zero-order valence-electron chi connectivity index (χ0n) is 24.2. The molecular formula is C32H46O5Si. The van der Waals surface area contributed by atoms with Gasteiger partial charge in [-0.3, -0.25) is 4.79 Å². The van der Waals surface area contributed by atoms with E-state index in [0.29, 0.717) is 43.7 Å². The minimum absolute atomic E-state index is 0.138. The van der Waals surface area contributed by atoms with Gasteiger partial charge in [0.15, 0.2) is 5.79 Å². The molecule has 0 radical (unpaired) electrons. The Bertz CT molecular complexity index is 1140. The highest BCUT2D eigenvalue weighted by Crippen LogP contribution is 2.64. The zero-order chi connectivity index (χ0) is 27.1. The normalized spacial score (nSPS) is 36.7. The van der Waals surface area contributed by atoms with Crippen LogP contribution in [0.3, 0.4) is 0 Å². The number of hydrogen-bond donors (Lipinski definition) is 1. The van der Waals surface area contributed by atoms with Crippen molar-refractivity contribution < 1.29 is 23.8 Å². The average molecular weight is 539 g/mol. The second kappa shape index (κ2) is 8.76. The second-order valence-corrected chi connectivity index (χ2v) is 19.3. The minimum Gasteiger partial charge on any atom is -0.544 e. The standard InChI is InChI=1S/C32H46O5Si/c1-29(2,3)38(5,6)37-22-9-7-21(8-10-22)24-19-30(4)25(11-12-27(30)33)23-13-15-31(34)20-32(35-17-18-36-32)16-14-26(31)28(23)24/h7-10,23-25,34H,11-20H2,1-6H3. The van der Waals surface area contributed by atoms with E-state index in [-0.39, 0.29) is 16.4 Å². The number of ether oxygens (including phenoxy) is 2. The summed E-state index contributed by atoms with van der Waals surface area (Å²) in [4.78, 5) is 13.3. The van der Waals surface area contributed by atoms with Gasteiger partial charge in [0.2, 0.25) is 8.32 Å². The number of allylic oxidation sites excluding steroid dienone is 1. The third-order valence-electron chi connectivity index (χ3n) is 11.4. The number of hydrogen-bond acceptors (Lipinski definition) is 5. The molecule has 1 N–H and O–H groups in total. The van der Waals surface area contributed by atoms with Crippen LogP contribution in [0.4, 0.5) is 0 Å². The predicted molar refractivity (Wildman–Crippen MR) is 151 cm³/mol. The Labute approximate surface area is 229 Å². The fraction of sp³-hybridized carbons (Fsp3) is 0.719. The molecule has 0 bridgehead atoms. The van der Waals surface area contributed by atoms with Crippen molar-refractivity contribution in [2.24, 2.45) is 17.3 Å². The van der Waals surface area contributed by atoms with Gasteiger partial charge >= 0.3 is 0 Å². The van der Waals surface area contributed by atoms with Crippen LogP contribution in [0.2, 0.25) is 18.1 Å². The third kappa shape index (κ3) is 4.08. The van der Waals surface area contributed by atoms with Crippen molar-refractivity contribution in [2.75, 3.05) is 13.2 Å². The Kier molecular flexibility index (Phi) is 6.16. The second-order valence-electron chi connectivity index (χ2n) is 14.6. The molecule has 1 aromatic carbocycles. The number of rotatable bonds is 3. The van der Waals surface area contributed by atoms with Crippen LogP contribution in [-0.4, -0.2) is 43.8 Å². The van der Waals surface area contributed by atoms with Crippen LogP contribution in [0.15, 0.2) is 35.4 Å². The third-order valence-corrected chi connectivity index (χ3v) is 15.8. The Morgan fingerprint density at radius 1 is 1.03 bits per heavy atom. The molecule has 5 nitrogen and oxygen atoms in total. The van der Waals surface area contributed by atoms with E-state index < -0.39 is 19.7 Å². The Balaban J connectivity index is 1.39. The molecule has 6 rings (SSSR count). The quantitative estimate of drug-likeness (QED) is 0.335. The van der Waals surface area contributed by atoms with Gasteiger partial charge in [-0.25, -0.2) is 0 Å². The van der Waals surface area contributed by atoms with Gasteiger partial charge in [0.25, 0.3) is 0 Å². The summed E-state index contributed by atoms with van der Waals surface area (Å²) >= 11 is 0. The topological polar surface area (TPSA) is 65.0 Å². The van der Waals surface area contributed by atoms with Crippen molar-refractivity contribution in [3.05, 3.63) is 41.0 Å². The molecule has 208 valence electrons. The summed E-state index contributed by atoms with van der Waals surface area (Å²) in [6, 6.07) is 8.71. The lowest BCUT2D eigenvalue weighted by Gasteiger charge is -2.55. The zero-order valence-corrected chi connectivity index (χ0v) is 25.2. The molecule has 1 aliphatic heterocycles. The maximum absolute atomic E-state index is 13.3. The molecule has 4 aliphatic carbocycles. The van der Waals surface area contributed by atoms with Crippen molar-refractivity contribution in [1.29, 1.82) is 0 Å². The highest BCUT2D eigenvalue weighted by atomic mass is 28.4. The first-order chi connectivity index (χ1) is 17.8. The highest BCUT2D eigenvalue weighted by molar-refractivity contribution is 6.74. The first-order valence-electron chi connectivity index (χ1n) is 14.8. The number of Topliss-reactive ketones (excluding diaryl/α,β-unsaturated/α-hetero) is 1. The summed E-state index contributed by atoms with van der Waals surface area (Å²) in [6.07, 6.45) is 6.32. The summed E-state index contributed by atoms with van der Waals surface area (Å²) in [5, 5.41) is 12.3. The first-order valence-corrected chi connectivity index (χ1v) is 17.7. The van der Waals surface area contributed by atoms with Crippen molar-refractivity contribution >= 4 is 14.1 Å². The van der Waals surface area contributed by atoms with E-state index in [2.05, 4.69) is 65.1 Å². The number of carbonyl (C=O) groups is 1. The van der Waals surface area contributed by atoms with Crippen LogP contribution in [0.25, 0.3) is 0 Å². The fourth-order valence-electron chi connectivity index (χ4n) is 8.30. The van der Waals surface area contributed by atoms with E-state index in [1.54, 1.807) is 0 Å². The summed E-state index contributed by atoms with van der Waals surface area (Å²) < 4.78 is 18.7. The highest BCUT2D eigenvalue weighted by Gasteiger charge is 2.60. The summed E-state index contributed by atoms with van der Waals surface area (Å²) in [6.45, 7) is 14.8. The molecule has 5 atom stereocenters. The molecule has 1 heterocycles. The molecule has 0 amide bonds. The number of fused-ring (bicyclic) bond motifs is 4. The lowest BCUT2D eigenvalue weighted by atomic mass is 9.51. The van der Waals surface area contributed by atoms with Crippen molar-refractivity contribution in [1.82, 2.24) is 0 Å². The molecule has 5 unspecified atom stereocenters. The lowest BCUT2D eigenvalue weighted by Crippen LogP contribution is -2.53. The molecule has 38 heavy (non-hydrogen) atoms. The van der Waals surface area contributed by atoms with Crippen LogP contribution in [-0.2, 0) is 14.3 Å². The molecule has 6 heteroatoms. The molecule has 4 fully saturated rings. The Morgan fingerprint density at radius 2 is 1.71 bits per heavy atom. The molecule has 1 aromatic rings. The van der Waals surface area contributed by atoms with Crippen molar-refractivity contribution in [3.63, 3.8) is 0 Å². The number of aliphatic hydroxyl groups is 1. The van der Waals surface area contributed by atoms with Crippen LogP contribution < -0.4 is 4.43 Å². The van der Waals surface area contributed by atoms with E-state index in [1.807, 2.05) is 0 Å². The summed E-state index contributed by atoms with van der Waals surface area (Å²) in [7, 11) is -1.93. The monoisotopic (exact) mass is 538 g/mol. The predicted octanol–water partition coefficient (Wildman–Crippen LogP) is 6.91. The summed E-state index contributed by atoms with van der Waals surface area (Å²) in [5.41, 5.74) is 2.75. The number of carbonyl (C=O) groups excluding carboxylic acids is 1. The Hall–Kier alpha value is -1.47. The van der Waals surface area contributed by atoms with Crippen LogP contribution >= 0.6 is 0 Å². The molecule has 3 saturated carbocycles. The molecule has 1 saturated heterocycles. The van der Waals surface area contributed by atoms with E-state index >= 15 is 0 Å². The van der Waals surface area contributed by atoms with Gasteiger partial charge in [-0.05, 0) is 85.3 Å². The average Bonchev–Trinajstić information content (AvgIpc) is 3.41. The van der Waals surface area contributed by atoms with Gasteiger partial charge in [0, 0.05) is 30.6 Å². The molecular weight excluding hydrogens is 492 g/mol. The maximum atomic E-state index is 13.3. The van der Waals surface area contributed by atoms with Crippen LogP contribution in [0.1, 0.15) is 90.5 Å². The molecule has 0 aromatic heterocycles. The summed E-state index contributed by atoms with van der Waals surface area (Å²) in [5.74, 6) is 1.63. The smallest absolute Gasteiger partial charge is 0.250 e. The van der Waals surface area contributed by atoms with Gasteiger partial charge in [-0.1, -0.05) is 45.4 Å². The van der Waals surface area contributed by atoms with Gasteiger partial charge in [-0.2, -0.15) is 0 Å². The van der Waals surface area contributed by atoms with E-state index in [0.717, 1.165) is 44.3 Å². The maximum Gasteiger partial charge on any atom is 0.250 e. The SMILES string of the molecule is CC12CC(c3ccc(O[Si](C)(C)C(C)(C)C)cc3)C3=C4CCC5(CC4(O)CCC3C1CCC2=O)OCCO5.